The minimum absolute atomic E-state index is 0.0215. The van der Waals surface area contributed by atoms with Crippen LogP contribution in [0.5, 0.6) is 0 Å². The predicted octanol–water partition coefficient (Wildman–Crippen LogP) is 3.61. The summed E-state index contributed by atoms with van der Waals surface area (Å²) >= 11 is 5.61. The average Bonchev–Trinajstić information content (AvgIpc) is 2.15. The number of hydrogen-bond acceptors (Lipinski definition) is 3. The van der Waals surface area contributed by atoms with Crippen molar-refractivity contribution >= 4 is 23.0 Å². The van der Waals surface area contributed by atoms with Crippen LogP contribution in [-0.4, -0.2) is 17.6 Å². The molecule has 1 rings (SSSR count). The van der Waals surface area contributed by atoms with E-state index in [9.17, 15) is 23.3 Å². The minimum Gasteiger partial charge on any atom is -0.379 e. The largest absolute Gasteiger partial charge is 0.390 e. The first-order chi connectivity index (χ1) is 7.79. The first kappa shape index (κ1) is 13.6. The zero-order valence-corrected chi connectivity index (χ0v) is 9.18. The lowest BCUT2D eigenvalue weighted by atomic mass is 10.2. The number of nitro benzene ring substituents is 1. The summed E-state index contributed by atoms with van der Waals surface area (Å²) in [6.07, 6.45) is -5.38. The van der Waals surface area contributed by atoms with E-state index in [2.05, 4.69) is 5.32 Å². The molecule has 94 valence electrons. The number of hydrogen-bond donors (Lipinski definition) is 1. The fourth-order valence-electron chi connectivity index (χ4n) is 1.15. The molecule has 0 amide bonds. The first-order valence-corrected chi connectivity index (χ1v) is 4.92. The van der Waals surface area contributed by atoms with Crippen LogP contribution in [0.15, 0.2) is 18.2 Å². The molecule has 1 aromatic carbocycles. The van der Waals surface area contributed by atoms with Crippen molar-refractivity contribution in [1.29, 1.82) is 0 Å². The Morgan fingerprint density at radius 1 is 1.41 bits per heavy atom. The lowest BCUT2D eigenvalue weighted by Crippen LogP contribution is -2.15. The van der Waals surface area contributed by atoms with Crippen LogP contribution in [0, 0.1) is 10.1 Å². The summed E-state index contributed by atoms with van der Waals surface area (Å²) in [5.74, 6) is 0. The molecule has 0 bridgehead atoms. The van der Waals surface area contributed by atoms with Gasteiger partial charge in [-0.15, -0.1) is 0 Å². The van der Waals surface area contributed by atoms with Crippen LogP contribution in [0.25, 0.3) is 0 Å². The molecule has 0 spiro atoms. The van der Waals surface area contributed by atoms with E-state index in [1.807, 2.05) is 0 Å². The van der Waals surface area contributed by atoms with E-state index in [1.165, 1.54) is 12.1 Å². The minimum atomic E-state index is -4.31. The molecule has 1 aromatic rings. The normalized spacial score (nSPS) is 11.3. The van der Waals surface area contributed by atoms with Crippen molar-refractivity contribution in [3.8, 4) is 0 Å². The number of alkyl halides is 3. The van der Waals surface area contributed by atoms with E-state index >= 15 is 0 Å². The van der Waals surface area contributed by atoms with Crippen LogP contribution in [-0.2, 0) is 0 Å². The smallest absolute Gasteiger partial charge is 0.379 e. The van der Waals surface area contributed by atoms with Crippen LogP contribution < -0.4 is 5.32 Å². The molecule has 0 aliphatic rings. The quantitative estimate of drug-likeness (QED) is 0.670. The highest BCUT2D eigenvalue weighted by molar-refractivity contribution is 6.31. The second-order valence-corrected chi connectivity index (χ2v) is 3.65. The van der Waals surface area contributed by atoms with Crippen molar-refractivity contribution in [2.45, 2.75) is 12.6 Å². The topological polar surface area (TPSA) is 55.2 Å². The summed E-state index contributed by atoms with van der Waals surface area (Å²) in [4.78, 5) is 9.91. The number of nitrogens with one attached hydrogen (secondary N) is 1. The van der Waals surface area contributed by atoms with Crippen LogP contribution in [0.2, 0.25) is 5.02 Å². The lowest BCUT2D eigenvalue weighted by molar-refractivity contribution is -0.384. The molecule has 17 heavy (non-hydrogen) atoms. The summed E-state index contributed by atoms with van der Waals surface area (Å²) in [6.45, 7) is -0.440. The molecule has 0 aliphatic heterocycles. The van der Waals surface area contributed by atoms with Crippen molar-refractivity contribution in [1.82, 2.24) is 0 Å². The van der Waals surface area contributed by atoms with Crippen LogP contribution in [0.3, 0.4) is 0 Å². The van der Waals surface area contributed by atoms with Crippen LogP contribution in [0.1, 0.15) is 6.42 Å². The second-order valence-electron chi connectivity index (χ2n) is 3.21. The third-order valence-corrected chi connectivity index (χ3v) is 2.11. The number of rotatable bonds is 4. The number of anilines is 1. The van der Waals surface area contributed by atoms with Gasteiger partial charge in [-0.3, -0.25) is 10.1 Å². The lowest BCUT2D eigenvalue weighted by Gasteiger charge is -2.09. The highest BCUT2D eigenvalue weighted by Crippen LogP contribution is 2.28. The van der Waals surface area contributed by atoms with Gasteiger partial charge in [0.15, 0.2) is 0 Å². The Morgan fingerprint density at radius 3 is 2.59 bits per heavy atom. The zero-order chi connectivity index (χ0) is 13.1. The fourth-order valence-corrected chi connectivity index (χ4v) is 1.32. The number of benzene rings is 1. The van der Waals surface area contributed by atoms with Crippen molar-refractivity contribution in [2.75, 3.05) is 11.9 Å². The molecule has 0 atom stereocenters. The molecule has 0 aromatic heterocycles. The van der Waals surface area contributed by atoms with Gasteiger partial charge < -0.3 is 5.32 Å². The highest BCUT2D eigenvalue weighted by atomic mass is 35.5. The SMILES string of the molecule is O=[N+]([O-])c1ccc(Cl)cc1NCCC(F)(F)F. The molecular formula is C9H8ClF3N2O2. The monoisotopic (exact) mass is 268 g/mol. The highest BCUT2D eigenvalue weighted by Gasteiger charge is 2.26. The van der Waals surface area contributed by atoms with Gasteiger partial charge in [-0.05, 0) is 12.1 Å². The third kappa shape index (κ3) is 4.48. The van der Waals surface area contributed by atoms with E-state index in [0.717, 1.165) is 6.07 Å². The van der Waals surface area contributed by atoms with Gasteiger partial charge in [-0.25, -0.2) is 0 Å². The van der Waals surface area contributed by atoms with Gasteiger partial charge in [0.25, 0.3) is 5.69 Å². The Kier molecular flexibility index (Phi) is 4.17. The molecule has 0 saturated heterocycles. The Labute approximate surface area is 99.5 Å². The van der Waals surface area contributed by atoms with Gasteiger partial charge in [0.05, 0.1) is 11.3 Å². The molecule has 8 heteroatoms. The Balaban J connectivity index is 2.75. The van der Waals surface area contributed by atoms with E-state index in [0.29, 0.717) is 0 Å². The fraction of sp³-hybridized carbons (Fsp3) is 0.333. The maximum atomic E-state index is 11.9. The summed E-state index contributed by atoms with van der Waals surface area (Å²) in [6, 6.07) is 3.66. The molecule has 4 nitrogen and oxygen atoms in total. The average molecular weight is 269 g/mol. The third-order valence-electron chi connectivity index (χ3n) is 1.88. The van der Waals surface area contributed by atoms with Gasteiger partial charge >= 0.3 is 6.18 Å². The molecule has 1 N–H and O–H groups in total. The Morgan fingerprint density at radius 2 is 2.06 bits per heavy atom. The van der Waals surface area contributed by atoms with Gasteiger partial charge in [0.2, 0.25) is 0 Å². The molecule has 0 aliphatic carbocycles. The van der Waals surface area contributed by atoms with Crippen molar-refractivity contribution in [3.05, 3.63) is 33.3 Å². The predicted molar refractivity (Wildman–Crippen MR) is 57.3 cm³/mol. The van der Waals surface area contributed by atoms with Crippen molar-refractivity contribution in [2.24, 2.45) is 0 Å². The summed E-state index contributed by atoms with van der Waals surface area (Å²) < 4.78 is 35.7. The molecular weight excluding hydrogens is 261 g/mol. The Bertz CT molecular complexity index is 423. The van der Waals surface area contributed by atoms with Crippen molar-refractivity contribution in [3.63, 3.8) is 0 Å². The Hall–Kier alpha value is -1.50. The zero-order valence-electron chi connectivity index (χ0n) is 8.42. The standard InChI is InChI=1S/C9H8ClF3N2O2/c10-6-1-2-8(15(16)17)7(5-6)14-4-3-9(11,12)13/h1-2,5,14H,3-4H2. The van der Waals surface area contributed by atoms with Crippen molar-refractivity contribution < 1.29 is 18.1 Å². The van der Waals surface area contributed by atoms with Crippen LogP contribution in [0.4, 0.5) is 24.5 Å². The summed E-state index contributed by atoms with van der Waals surface area (Å²) in [7, 11) is 0. The van der Waals surface area contributed by atoms with E-state index in [4.69, 9.17) is 11.6 Å². The maximum Gasteiger partial charge on any atom is 0.390 e. The summed E-state index contributed by atoms with van der Waals surface area (Å²) in [5, 5.41) is 13.2. The molecule has 0 radical (unpaired) electrons. The number of halogens is 4. The van der Waals surface area contributed by atoms with Gasteiger partial charge in [-0.2, -0.15) is 13.2 Å². The summed E-state index contributed by atoms with van der Waals surface area (Å²) in [5.41, 5.74) is -0.330. The molecule has 0 fully saturated rings. The van der Waals surface area contributed by atoms with Gasteiger partial charge in [-0.1, -0.05) is 11.6 Å². The maximum absolute atomic E-state index is 11.9. The van der Waals surface area contributed by atoms with Gasteiger partial charge in [0.1, 0.15) is 5.69 Å². The van der Waals surface area contributed by atoms with Crippen LogP contribution >= 0.6 is 11.6 Å². The van der Waals surface area contributed by atoms with Gasteiger partial charge in [0, 0.05) is 17.6 Å². The van der Waals surface area contributed by atoms with E-state index < -0.39 is 24.1 Å². The number of nitro groups is 1. The molecule has 0 unspecified atom stereocenters. The van der Waals surface area contributed by atoms with E-state index in [1.54, 1.807) is 0 Å². The second kappa shape index (κ2) is 5.22. The molecule has 0 heterocycles. The van der Waals surface area contributed by atoms with E-state index in [-0.39, 0.29) is 16.4 Å². The molecule has 0 saturated carbocycles. The first-order valence-electron chi connectivity index (χ1n) is 4.54. The number of nitrogens with zero attached hydrogens (tertiary/aromatic N) is 1.